The van der Waals surface area contributed by atoms with E-state index in [1.807, 2.05) is 0 Å². The predicted molar refractivity (Wildman–Crippen MR) is 70.9 cm³/mol. The van der Waals surface area contributed by atoms with Crippen molar-refractivity contribution in [3.05, 3.63) is 0 Å². The number of nitrogens with zero attached hydrogens (tertiary/aromatic N) is 1. The number of amidine groups is 1. The van der Waals surface area contributed by atoms with Gasteiger partial charge in [-0.05, 0) is 34.1 Å². The lowest BCUT2D eigenvalue weighted by atomic mass is 9.92. The summed E-state index contributed by atoms with van der Waals surface area (Å²) in [5.41, 5.74) is 5.30. The summed E-state index contributed by atoms with van der Waals surface area (Å²) in [5.74, 6) is 0.121. The number of rotatable bonds is 2. The van der Waals surface area contributed by atoms with Crippen molar-refractivity contribution in [2.24, 2.45) is 5.73 Å². The second-order valence-corrected chi connectivity index (χ2v) is 6.49. The lowest BCUT2D eigenvalue weighted by Crippen LogP contribution is -2.55. The summed E-state index contributed by atoms with van der Waals surface area (Å²) in [6, 6.07) is 0.359. The molecule has 2 fully saturated rings. The van der Waals surface area contributed by atoms with Gasteiger partial charge in [0.15, 0.2) is 0 Å². The van der Waals surface area contributed by atoms with Gasteiger partial charge in [0.1, 0.15) is 11.9 Å². The van der Waals surface area contributed by atoms with Gasteiger partial charge in [0.05, 0.1) is 17.8 Å². The molecular weight excluding hydrogens is 230 g/mol. The standard InChI is InChI=1S/C13H25N3O2/c1-12(2)7-10(13(3,4)18-12)16-5-6-17-9(8-16)11(14)15/h9-10H,5-8H2,1-4H3,(H3,14,15). The lowest BCUT2D eigenvalue weighted by molar-refractivity contribution is -0.0924. The lowest BCUT2D eigenvalue weighted by Gasteiger charge is -2.40. The Morgan fingerprint density at radius 3 is 2.50 bits per heavy atom. The predicted octanol–water partition coefficient (Wildman–Crippen LogP) is 0.969. The van der Waals surface area contributed by atoms with Crippen molar-refractivity contribution in [3.8, 4) is 0 Å². The Morgan fingerprint density at radius 2 is 2.00 bits per heavy atom. The van der Waals surface area contributed by atoms with Crippen LogP contribution in [0.1, 0.15) is 34.1 Å². The number of hydrogen-bond donors (Lipinski definition) is 2. The Bertz CT molecular complexity index is 341. The fraction of sp³-hybridized carbons (Fsp3) is 0.923. The molecule has 2 aliphatic rings. The quantitative estimate of drug-likeness (QED) is 0.570. The number of nitrogens with two attached hydrogens (primary N) is 1. The first kappa shape index (κ1) is 13.8. The van der Waals surface area contributed by atoms with E-state index in [4.69, 9.17) is 20.6 Å². The average Bonchev–Trinajstić information content (AvgIpc) is 2.47. The van der Waals surface area contributed by atoms with Crippen LogP contribution in [-0.4, -0.2) is 53.8 Å². The second kappa shape index (κ2) is 4.47. The van der Waals surface area contributed by atoms with E-state index in [1.54, 1.807) is 0 Å². The molecule has 2 unspecified atom stereocenters. The molecule has 0 radical (unpaired) electrons. The molecule has 0 aromatic rings. The first-order chi connectivity index (χ1) is 8.21. The zero-order valence-corrected chi connectivity index (χ0v) is 11.8. The Balaban J connectivity index is 2.09. The van der Waals surface area contributed by atoms with Crippen molar-refractivity contribution in [1.29, 1.82) is 5.41 Å². The van der Waals surface area contributed by atoms with E-state index < -0.39 is 0 Å². The minimum absolute atomic E-state index is 0.0851. The third kappa shape index (κ3) is 2.68. The summed E-state index contributed by atoms with van der Waals surface area (Å²) in [4.78, 5) is 2.37. The van der Waals surface area contributed by atoms with Gasteiger partial charge in [-0.15, -0.1) is 0 Å². The molecule has 0 aromatic carbocycles. The van der Waals surface area contributed by atoms with Crippen molar-refractivity contribution in [1.82, 2.24) is 4.90 Å². The van der Waals surface area contributed by atoms with Crippen LogP contribution in [0.5, 0.6) is 0 Å². The molecular formula is C13H25N3O2. The summed E-state index contributed by atoms with van der Waals surface area (Å²) in [5, 5.41) is 7.52. The minimum atomic E-state index is -0.265. The van der Waals surface area contributed by atoms with Gasteiger partial charge in [0.2, 0.25) is 0 Å². The number of hydrogen-bond acceptors (Lipinski definition) is 4. The fourth-order valence-electron chi connectivity index (χ4n) is 3.24. The van der Waals surface area contributed by atoms with Gasteiger partial charge in [-0.3, -0.25) is 10.3 Å². The monoisotopic (exact) mass is 255 g/mol. The third-order valence-corrected chi connectivity index (χ3v) is 3.91. The third-order valence-electron chi connectivity index (χ3n) is 3.91. The van der Waals surface area contributed by atoms with Gasteiger partial charge < -0.3 is 15.2 Å². The van der Waals surface area contributed by atoms with Gasteiger partial charge in [-0.2, -0.15) is 0 Å². The van der Waals surface area contributed by atoms with E-state index >= 15 is 0 Å². The van der Waals surface area contributed by atoms with Crippen LogP contribution in [0.25, 0.3) is 0 Å². The summed E-state index contributed by atoms with van der Waals surface area (Å²) < 4.78 is 11.6. The van der Waals surface area contributed by atoms with Crippen LogP contribution in [0, 0.1) is 5.41 Å². The van der Waals surface area contributed by atoms with Gasteiger partial charge in [0.25, 0.3) is 0 Å². The molecule has 2 aliphatic heterocycles. The Labute approximate surface area is 109 Å². The molecule has 5 heteroatoms. The van der Waals surface area contributed by atoms with Crippen molar-refractivity contribution in [3.63, 3.8) is 0 Å². The zero-order chi connectivity index (χ0) is 13.6. The molecule has 2 rings (SSSR count). The molecule has 3 N–H and O–H groups in total. The second-order valence-electron chi connectivity index (χ2n) is 6.49. The first-order valence-electron chi connectivity index (χ1n) is 6.61. The van der Waals surface area contributed by atoms with E-state index in [1.165, 1.54) is 0 Å². The number of morpholine rings is 1. The fourth-order valence-corrected chi connectivity index (χ4v) is 3.24. The summed E-state index contributed by atoms with van der Waals surface area (Å²) in [6.07, 6.45) is 0.739. The largest absolute Gasteiger partial charge is 0.385 e. The van der Waals surface area contributed by atoms with Crippen LogP contribution in [0.4, 0.5) is 0 Å². The summed E-state index contributed by atoms with van der Waals surface area (Å²) >= 11 is 0. The van der Waals surface area contributed by atoms with E-state index in [0.29, 0.717) is 19.2 Å². The molecule has 2 saturated heterocycles. The highest BCUT2D eigenvalue weighted by molar-refractivity contribution is 5.82. The maximum Gasteiger partial charge on any atom is 0.127 e. The van der Waals surface area contributed by atoms with E-state index in [-0.39, 0.29) is 23.1 Å². The van der Waals surface area contributed by atoms with Crippen molar-refractivity contribution >= 4 is 5.84 Å². The van der Waals surface area contributed by atoms with Crippen LogP contribution in [0.3, 0.4) is 0 Å². The molecule has 2 heterocycles. The Morgan fingerprint density at radius 1 is 1.33 bits per heavy atom. The Kier molecular flexibility index (Phi) is 3.42. The molecule has 0 spiro atoms. The smallest absolute Gasteiger partial charge is 0.127 e. The molecule has 104 valence electrons. The van der Waals surface area contributed by atoms with E-state index in [2.05, 4.69) is 32.6 Å². The first-order valence-corrected chi connectivity index (χ1v) is 6.61. The van der Waals surface area contributed by atoms with Crippen LogP contribution >= 0.6 is 0 Å². The van der Waals surface area contributed by atoms with Gasteiger partial charge in [-0.25, -0.2) is 0 Å². The van der Waals surface area contributed by atoms with Gasteiger partial charge in [-0.1, -0.05) is 0 Å². The van der Waals surface area contributed by atoms with E-state index in [9.17, 15) is 0 Å². The Hall–Kier alpha value is -0.650. The van der Waals surface area contributed by atoms with Gasteiger partial charge >= 0.3 is 0 Å². The maximum absolute atomic E-state index is 7.52. The van der Waals surface area contributed by atoms with Crippen LogP contribution < -0.4 is 5.73 Å². The molecule has 0 saturated carbocycles. The molecule has 0 amide bonds. The topological polar surface area (TPSA) is 71.6 Å². The molecule has 18 heavy (non-hydrogen) atoms. The van der Waals surface area contributed by atoms with E-state index in [0.717, 1.165) is 13.0 Å². The van der Waals surface area contributed by atoms with Gasteiger partial charge in [0, 0.05) is 19.1 Å². The molecule has 0 bridgehead atoms. The highest BCUT2D eigenvalue weighted by atomic mass is 16.5. The number of ether oxygens (including phenoxy) is 2. The average molecular weight is 255 g/mol. The minimum Gasteiger partial charge on any atom is -0.385 e. The summed E-state index contributed by atoms with van der Waals surface area (Å²) in [7, 11) is 0. The van der Waals surface area contributed by atoms with Crippen LogP contribution in [0.15, 0.2) is 0 Å². The molecule has 5 nitrogen and oxygen atoms in total. The zero-order valence-electron chi connectivity index (χ0n) is 11.8. The maximum atomic E-state index is 7.52. The van der Waals surface area contributed by atoms with Crippen LogP contribution in [0.2, 0.25) is 0 Å². The summed E-state index contributed by atoms with van der Waals surface area (Å²) in [6.45, 7) is 10.8. The molecule has 0 aromatic heterocycles. The van der Waals surface area contributed by atoms with Crippen LogP contribution in [-0.2, 0) is 9.47 Å². The van der Waals surface area contributed by atoms with Crippen molar-refractivity contribution in [2.45, 2.75) is 57.5 Å². The molecule has 0 aliphatic carbocycles. The van der Waals surface area contributed by atoms with Crippen molar-refractivity contribution < 1.29 is 9.47 Å². The van der Waals surface area contributed by atoms with Crippen molar-refractivity contribution in [2.75, 3.05) is 19.7 Å². The normalized spacial score (nSPS) is 35.6. The SMILES string of the molecule is CC1(C)CC(N2CCOC(C(=N)N)C2)C(C)(C)O1. The number of nitrogens with one attached hydrogen (secondary N) is 1. The highest BCUT2D eigenvalue weighted by Gasteiger charge is 2.49. The highest BCUT2D eigenvalue weighted by Crippen LogP contribution is 2.40. The molecule has 2 atom stereocenters.